The fourth-order valence-corrected chi connectivity index (χ4v) is 3.06. The van der Waals surface area contributed by atoms with E-state index in [1.54, 1.807) is 12.5 Å². The number of hydrogen-bond donors (Lipinski definition) is 2. The van der Waals surface area contributed by atoms with Gasteiger partial charge in [0.1, 0.15) is 0 Å². The molecule has 3 unspecified atom stereocenters. The van der Waals surface area contributed by atoms with Crippen molar-refractivity contribution in [1.82, 2.24) is 14.9 Å². The number of imidazole rings is 1. The maximum atomic E-state index is 12.2. The Morgan fingerprint density at radius 2 is 2.14 bits per heavy atom. The van der Waals surface area contributed by atoms with Gasteiger partial charge >= 0.3 is 5.97 Å². The van der Waals surface area contributed by atoms with Crippen molar-refractivity contribution in [3.05, 3.63) is 18.7 Å². The highest BCUT2D eigenvalue weighted by Gasteiger charge is 2.41. The number of rotatable bonds is 7. The van der Waals surface area contributed by atoms with E-state index in [0.29, 0.717) is 25.3 Å². The third-order valence-electron chi connectivity index (χ3n) is 4.34. The molecular formula is C15H23N3O3. The summed E-state index contributed by atoms with van der Waals surface area (Å²) in [6.07, 6.45) is 8.41. The summed E-state index contributed by atoms with van der Waals surface area (Å²) in [6, 6.07) is 0. The minimum atomic E-state index is -0.843. The Morgan fingerprint density at radius 3 is 2.76 bits per heavy atom. The molecule has 1 aliphatic carbocycles. The van der Waals surface area contributed by atoms with E-state index < -0.39 is 11.9 Å². The van der Waals surface area contributed by atoms with E-state index in [1.165, 1.54) is 0 Å². The number of carboxylic acids is 1. The lowest BCUT2D eigenvalue weighted by atomic mass is 9.95. The number of aliphatic carboxylic acids is 1. The Hall–Kier alpha value is -1.85. The number of aryl methyl sites for hydroxylation is 1. The van der Waals surface area contributed by atoms with Gasteiger partial charge in [0.05, 0.1) is 18.2 Å². The molecule has 6 nitrogen and oxygen atoms in total. The highest BCUT2D eigenvalue weighted by molar-refractivity contribution is 5.85. The lowest BCUT2D eigenvalue weighted by Crippen LogP contribution is -2.36. The Bertz CT molecular complexity index is 473. The lowest BCUT2D eigenvalue weighted by Gasteiger charge is -2.15. The third-order valence-corrected chi connectivity index (χ3v) is 4.34. The van der Waals surface area contributed by atoms with Crippen LogP contribution in [0.1, 0.15) is 32.6 Å². The van der Waals surface area contributed by atoms with Gasteiger partial charge in [-0.05, 0) is 25.2 Å². The molecule has 1 aromatic heterocycles. The molecule has 2 rings (SSSR count). The van der Waals surface area contributed by atoms with Gasteiger partial charge in [-0.15, -0.1) is 0 Å². The minimum Gasteiger partial charge on any atom is -0.481 e. The van der Waals surface area contributed by atoms with Crippen LogP contribution >= 0.6 is 0 Å². The Morgan fingerprint density at radius 1 is 1.38 bits per heavy atom. The summed E-state index contributed by atoms with van der Waals surface area (Å²) in [7, 11) is 0. The molecule has 1 aliphatic rings. The van der Waals surface area contributed by atoms with Gasteiger partial charge in [0.25, 0.3) is 0 Å². The molecule has 1 fully saturated rings. The van der Waals surface area contributed by atoms with Crippen molar-refractivity contribution in [1.29, 1.82) is 0 Å². The van der Waals surface area contributed by atoms with Gasteiger partial charge in [-0.1, -0.05) is 13.3 Å². The zero-order valence-electron chi connectivity index (χ0n) is 12.4. The topological polar surface area (TPSA) is 84.2 Å². The zero-order chi connectivity index (χ0) is 15.2. The summed E-state index contributed by atoms with van der Waals surface area (Å²) in [6.45, 7) is 3.41. The van der Waals surface area contributed by atoms with Gasteiger partial charge in [-0.3, -0.25) is 9.59 Å². The Kier molecular flexibility index (Phi) is 5.36. The van der Waals surface area contributed by atoms with Crippen LogP contribution in [-0.2, 0) is 16.1 Å². The van der Waals surface area contributed by atoms with Crippen LogP contribution in [-0.4, -0.2) is 33.1 Å². The van der Waals surface area contributed by atoms with Gasteiger partial charge in [0.2, 0.25) is 5.91 Å². The average Bonchev–Trinajstić information content (AvgIpc) is 3.12. The predicted octanol–water partition coefficient (Wildman–Crippen LogP) is 1.53. The number of amides is 1. The second kappa shape index (κ2) is 7.24. The van der Waals surface area contributed by atoms with Crippen molar-refractivity contribution in [2.45, 2.75) is 39.2 Å². The SMILES string of the molecule is CCC1CC(C(=O)O)C(C(=O)NCCCn2ccnc2)C1. The smallest absolute Gasteiger partial charge is 0.307 e. The highest BCUT2D eigenvalue weighted by Crippen LogP contribution is 2.38. The fourth-order valence-electron chi connectivity index (χ4n) is 3.06. The number of aromatic nitrogens is 2. The molecule has 21 heavy (non-hydrogen) atoms. The second-order valence-corrected chi connectivity index (χ2v) is 5.74. The molecule has 0 spiro atoms. The van der Waals surface area contributed by atoms with E-state index in [9.17, 15) is 14.7 Å². The Labute approximate surface area is 124 Å². The number of carbonyl (C=O) groups excluding carboxylic acids is 1. The van der Waals surface area contributed by atoms with Crippen molar-refractivity contribution in [3.63, 3.8) is 0 Å². The average molecular weight is 293 g/mol. The van der Waals surface area contributed by atoms with E-state index in [0.717, 1.165) is 19.4 Å². The predicted molar refractivity (Wildman–Crippen MR) is 77.5 cm³/mol. The normalized spacial score (nSPS) is 24.9. The van der Waals surface area contributed by atoms with Crippen LogP contribution in [0.25, 0.3) is 0 Å². The van der Waals surface area contributed by atoms with E-state index in [1.807, 2.05) is 10.8 Å². The fraction of sp³-hybridized carbons (Fsp3) is 0.667. The van der Waals surface area contributed by atoms with E-state index in [-0.39, 0.29) is 11.8 Å². The first-order valence-corrected chi connectivity index (χ1v) is 7.58. The molecule has 1 amide bonds. The molecule has 0 radical (unpaired) electrons. The summed E-state index contributed by atoms with van der Waals surface area (Å²) >= 11 is 0. The van der Waals surface area contributed by atoms with Crippen molar-refractivity contribution in [2.75, 3.05) is 6.54 Å². The van der Waals surface area contributed by atoms with Crippen LogP contribution in [0.15, 0.2) is 18.7 Å². The summed E-state index contributed by atoms with van der Waals surface area (Å²) in [5, 5.41) is 12.1. The summed E-state index contributed by atoms with van der Waals surface area (Å²) in [5.41, 5.74) is 0. The Balaban J connectivity index is 1.77. The molecule has 0 saturated heterocycles. The first kappa shape index (κ1) is 15.5. The maximum Gasteiger partial charge on any atom is 0.307 e. The van der Waals surface area contributed by atoms with Crippen molar-refractivity contribution < 1.29 is 14.7 Å². The molecule has 116 valence electrons. The molecule has 1 saturated carbocycles. The minimum absolute atomic E-state index is 0.107. The number of nitrogens with zero attached hydrogens (tertiary/aromatic N) is 2. The van der Waals surface area contributed by atoms with Crippen molar-refractivity contribution in [3.8, 4) is 0 Å². The number of carboxylic acid groups (broad SMARTS) is 1. The van der Waals surface area contributed by atoms with Crippen molar-refractivity contribution >= 4 is 11.9 Å². The largest absolute Gasteiger partial charge is 0.481 e. The van der Waals surface area contributed by atoms with Gasteiger partial charge < -0.3 is 15.0 Å². The number of nitrogens with one attached hydrogen (secondary N) is 1. The van der Waals surface area contributed by atoms with Crippen LogP contribution < -0.4 is 5.32 Å². The summed E-state index contributed by atoms with van der Waals surface area (Å²) in [5.74, 6) is -1.49. The highest BCUT2D eigenvalue weighted by atomic mass is 16.4. The van der Waals surface area contributed by atoms with Gasteiger partial charge in [0, 0.05) is 25.5 Å². The quantitative estimate of drug-likeness (QED) is 0.747. The molecule has 6 heteroatoms. The van der Waals surface area contributed by atoms with E-state index >= 15 is 0 Å². The van der Waals surface area contributed by atoms with E-state index in [2.05, 4.69) is 17.2 Å². The molecule has 3 atom stereocenters. The molecule has 1 aromatic rings. The monoisotopic (exact) mass is 293 g/mol. The molecule has 0 bridgehead atoms. The van der Waals surface area contributed by atoms with Crippen LogP contribution in [0, 0.1) is 17.8 Å². The van der Waals surface area contributed by atoms with Crippen molar-refractivity contribution in [2.24, 2.45) is 17.8 Å². The van der Waals surface area contributed by atoms with Crippen LogP contribution in [0.5, 0.6) is 0 Å². The number of hydrogen-bond acceptors (Lipinski definition) is 3. The van der Waals surface area contributed by atoms with Crippen LogP contribution in [0.3, 0.4) is 0 Å². The maximum absolute atomic E-state index is 12.2. The molecular weight excluding hydrogens is 270 g/mol. The standard InChI is InChI=1S/C15H23N3O3/c1-2-11-8-12(13(9-11)15(20)21)14(19)17-4-3-6-18-7-5-16-10-18/h5,7,10-13H,2-4,6,8-9H2,1H3,(H,17,19)(H,20,21). The van der Waals surface area contributed by atoms with Crippen LogP contribution in [0.2, 0.25) is 0 Å². The molecule has 0 aromatic carbocycles. The first-order valence-electron chi connectivity index (χ1n) is 7.58. The van der Waals surface area contributed by atoms with Gasteiger partial charge in [-0.25, -0.2) is 4.98 Å². The first-order chi connectivity index (χ1) is 10.1. The van der Waals surface area contributed by atoms with E-state index in [4.69, 9.17) is 0 Å². The van der Waals surface area contributed by atoms with Gasteiger partial charge in [-0.2, -0.15) is 0 Å². The molecule has 0 aliphatic heterocycles. The lowest BCUT2D eigenvalue weighted by molar-refractivity contribution is -0.146. The summed E-state index contributed by atoms with van der Waals surface area (Å²) in [4.78, 5) is 27.4. The molecule has 1 heterocycles. The third kappa shape index (κ3) is 4.06. The number of carbonyl (C=O) groups is 2. The van der Waals surface area contributed by atoms with Crippen LogP contribution in [0.4, 0.5) is 0 Å². The zero-order valence-corrected chi connectivity index (χ0v) is 12.4. The summed E-state index contributed by atoms with van der Waals surface area (Å²) < 4.78 is 1.95. The molecule has 2 N–H and O–H groups in total. The second-order valence-electron chi connectivity index (χ2n) is 5.74. The van der Waals surface area contributed by atoms with Gasteiger partial charge in [0.15, 0.2) is 0 Å².